The molecule has 3 aliphatic rings. The molecule has 3 fully saturated rings. The molecule has 39 heavy (non-hydrogen) atoms. The molecule has 0 saturated carbocycles. The molecule has 3 heterocycles. The number of carbonyl (C=O) groups is 3. The molecule has 0 aliphatic carbocycles. The van der Waals surface area contributed by atoms with Gasteiger partial charge in [0.2, 0.25) is 17.7 Å². The van der Waals surface area contributed by atoms with Crippen LogP contribution in [0.1, 0.15) is 26.7 Å². The Balaban J connectivity index is 1.52. The van der Waals surface area contributed by atoms with E-state index in [0.29, 0.717) is 30.0 Å². The first kappa shape index (κ1) is 27.6. The van der Waals surface area contributed by atoms with Crippen LogP contribution in [-0.4, -0.2) is 70.1 Å². The highest BCUT2D eigenvalue weighted by molar-refractivity contribution is 9.09. The number of amides is 3. The van der Waals surface area contributed by atoms with Crippen molar-refractivity contribution in [3.63, 3.8) is 0 Å². The Morgan fingerprint density at radius 2 is 1.74 bits per heavy atom. The summed E-state index contributed by atoms with van der Waals surface area (Å²) < 4.78 is 11.8. The summed E-state index contributed by atoms with van der Waals surface area (Å²) in [6.45, 7) is 3.70. The van der Waals surface area contributed by atoms with Crippen LogP contribution in [-0.2, 0) is 19.1 Å². The number of hydrogen-bond acceptors (Lipinski definition) is 6. The summed E-state index contributed by atoms with van der Waals surface area (Å²) in [4.78, 5) is 43.2. The number of nitrogens with zero attached hydrogens (tertiary/aromatic N) is 1. The number of para-hydroxylation sites is 1. The molecule has 2 bridgehead atoms. The fourth-order valence-corrected chi connectivity index (χ4v) is 7.46. The lowest BCUT2D eigenvalue weighted by atomic mass is 9.70. The number of aliphatic hydroxyl groups is 1. The lowest BCUT2D eigenvalue weighted by molar-refractivity contribution is -0.143. The standard InChI is InChI=1S/C29H34BrN3O6/c1-16(2)13-19(15-34)33-25(27(36)32-18-9-11-20(38-3)12-10-18)29-14-21(30)24(39-29)22(23(29)28(33)37)26(35)31-17-7-5-4-6-8-17/h4-12,16,19,21-25,34H,13-15H2,1-3H3,(H,31,35)(H,32,36)/t19-,21?,22+,23+,24+,25?,29?/m1/s1. The van der Waals surface area contributed by atoms with E-state index in [2.05, 4.69) is 26.6 Å². The van der Waals surface area contributed by atoms with E-state index in [9.17, 15) is 19.5 Å². The Hall–Kier alpha value is -2.95. The molecule has 3 saturated heterocycles. The SMILES string of the molecule is COc1ccc(NC(=O)C2N([C@@H](CO)CC(C)C)C(=O)[C@@H]3[C@H](C(=O)Nc4ccccc4)[C@H]4OC23CC4Br)cc1. The summed E-state index contributed by atoms with van der Waals surface area (Å²) in [6, 6.07) is 14.4. The summed E-state index contributed by atoms with van der Waals surface area (Å²) in [5.41, 5.74) is -0.0522. The average Bonchev–Trinajstić information content (AvgIpc) is 3.51. The molecule has 3 N–H and O–H groups in total. The van der Waals surface area contributed by atoms with Crippen LogP contribution in [0.4, 0.5) is 11.4 Å². The van der Waals surface area contributed by atoms with Crippen LogP contribution in [0.15, 0.2) is 54.6 Å². The van der Waals surface area contributed by atoms with Gasteiger partial charge in [0.25, 0.3) is 0 Å². The summed E-state index contributed by atoms with van der Waals surface area (Å²) >= 11 is 3.68. The number of halogens is 1. The van der Waals surface area contributed by atoms with Crippen LogP contribution in [0, 0.1) is 17.8 Å². The van der Waals surface area contributed by atoms with Crippen LogP contribution in [0.5, 0.6) is 5.75 Å². The van der Waals surface area contributed by atoms with E-state index in [1.54, 1.807) is 43.5 Å². The van der Waals surface area contributed by atoms with Gasteiger partial charge in [0.15, 0.2) is 0 Å². The van der Waals surface area contributed by atoms with Gasteiger partial charge < -0.3 is 30.1 Å². The topological polar surface area (TPSA) is 117 Å². The van der Waals surface area contributed by atoms with Gasteiger partial charge in [0.05, 0.1) is 37.7 Å². The Morgan fingerprint density at radius 1 is 1.10 bits per heavy atom. The predicted octanol–water partition coefficient (Wildman–Crippen LogP) is 3.43. The first-order chi connectivity index (χ1) is 18.7. The van der Waals surface area contributed by atoms with Gasteiger partial charge in [-0.25, -0.2) is 0 Å². The van der Waals surface area contributed by atoms with E-state index in [0.717, 1.165) is 0 Å². The molecular weight excluding hydrogens is 566 g/mol. The molecule has 2 aromatic carbocycles. The summed E-state index contributed by atoms with van der Waals surface area (Å²) in [5.74, 6) is -1.91. The molecule has 0 aromatic heterocycles. The highest BCUT2D eigenvalue weighted by Gasteiger charge is 2.77. The quantitative estimate of drug-likeness (QED) is 0.380. The number of benzene rings is 2. The third-order valence-electron chi connectivity index (χ3n) is 8.02. The molecule has 3 amide bonds. The minimum Gasteiger partial charge on any atom is -0.497 e. The van der Waals surface area contributed by atoms with Crippen LogP contribution < -0.4 is 15.4 Å². The lowest BCUT2D eigenvalue weighted by Crippen LogP contribution is -2.56. The second kappa shape index (κ2) is 10.9. The molecular formula is C29H34BrN3O6. The van der Waals surface area contributed by atoms with Crippen molar-refractivity contribution in [3.05, 3.63) is 54.6 Å². The van der Waals surface area contributed by atoms with Crippen molar-refractivity contribution in [2.75, 3.05) is 24.4 Å². The maximum Gasteiger partial charge on any atom is 0.250 e. The number of alkyl halides is 1. The number of likely N-dealkylation sites (tertiary alicyclic amines) is 1. The normalized spacial score (nSPS) is 29.8. The minimum atomic E-state index is -1.21. The minimum absolute atomic E-state index is 0.163. The summed E-state index contributed by atoms with van der Waals surface area (Å²) in [5, 5.41) is 16.3. The van der Waals surface area contributed by atoms with Gasteiger partial charge in [-0.2, -0.15) is 0 Å². The van der Waals surface area contributed by atoms with Gasteiger partial charge in [0, 0.05) is 16.2 Å². The number of methoxy groups -OCH3 is 1. The van der Waals surface area contributed by atoms with Crippen LogP contribution in [0.2, 0.25) is 0 Å². The van der Waals surface area contributed by atoms with Crippen molar-refractivity contribution in [1.82, 2.24) is 4.90 Å². The maximum absolute atomic E-state index is 14.2. The number of rotatable bonds is 9. The van der Waals surface area contributed by atoms with E-state index in [1.165, 1.54) is 4.90 Å². The molecule has 1 spiro atoms. The first-order valence-electron chi connectivity index (χ1n) is 13.3. The molecule has 208 valence electrons. The molecule has 10 heteroatoms. The number of aliphatic hydroxyl groups excluding tert-OH is 1. The van der Waals surface area contributed by atoms with Crippen molar-refractivity contribution >= 4 is 45.0 Å². The number of fused-ring (bicyclic) bond motifs is 1. The zero-order chi connectivity index (χ0) is 27.9. The molecule has 3 aliphatic heterocycles. The molecule has 5 rings (SSSR count). The fraction of sp³-hybridized carbons (Fsp3) is 0.483. The predicted molar refractivity (Wildman–Crippen MR) is 150 cm³/mol. The molecule has 0 radical (unpaired) electrons. The number of nitrogens with one attached hydrogen (secondary N) is 2. The van der Waals surface area contributed by atoms with E-state index in [-0.39, 0.29) is 29.2 Å². The van der Waals surface area contributed by atoms with E-state index >= 15 is 0 Å². The fourth-order valence-electron chi connectivity index (χ4n) is 6.51. The molecule has 2 aromatic rings. The summed E-state index contributed by atoms with van der Waals surface area (Å²) in [6.07, 6.45) is 0.318. The maximum atomic E-state index is 14.2. The Morgan fingerprint density at radius 3 is 2.36 bits per heavy atom. The van der Waals surface area contributed by atoms with Gasteiger partial charge in [0.1, 0.15) is 17.4 Å². The van der Waals surface area contributed by atoms with E-state index in [1.807, 2.05) is 32.0 Å². The second-order valence-corrected chi connectivity index (χ2v) is 12.1. The Bertz CT molecular complexity index is 1230. The highest BCUT2D eigenvalue weighted by atomic mass is 79.9. The van der Waals surface area contributed by atoms with Gasteiger partial charge in [-0.15, -0.1) is 0 Å². The van der Waals surface area contributed by atoms with Gasteiger partial charge in [-0.1, -0.05) is 48.0 Å². The highest BCUT2D eigenvalue weighted by Crippen LogP contribution is 2.60. The van der Waals surface area contributed by atoms with Crippen molar-refractivity contribution in [1.29, 1.82) is 0 Å². The lowest BCUT2D eigenvalue weighted by Gasteiger charge is -2.37. The zero-order valence-electron chi connectivity index (χ0n) is 22.2. The first-order valence-corrected chi connectivity index (χ1v) is 14.2. The monoisotopic (exact) mass is 599 g/mol. The van der Waals surface area contributed by atoms with Crippen molar-refractivity contribution in [3.8, 4) is 5.75 Å². The van der Waals surface area contributed by atoms with Gasteiger partial charge >= 0.3 is 0 Å². The average molecular weight is 601 g/mol. The van der Waals surface area contributed by atoms with Gasteiger partial charge in [-0.05, 0) is 55.2 Å². The second-order valence-electron chi connectivity index (χ2n) is 10.9. The number of carbonyl (C=O) groups excluding carboxylic acids is 3. The number of ether oxygens (including phenoxy) is 2. The third-order valence-corrected chi connectivity index (χ3v) is 8.87. The Kier molecular flexibility index (Phi) is 7.72. The molecule has 9 nitrogen and oxygen atoms in total. The van der Waals surface area contributed by atoms with Crippen LogP contribution in [0.3, 0.4) is 0 Å². The van der Waals surface area contributed by atoms with Crippen molar-refractivity contribution in [2.24, 2.45) is 17.8 Å². The smallest absolute Gasteiger partial charge is 0.250 e. The van der Waals surface area contributed by atoms with Gasteiger partial charge in [-0.3, -0.25) is 14.4 Å². The van der Waals surface area contributed by atoms with E-state index in [4.69, 9.17) is 9.47 Å². The van der Waals surface area contributed by atoms with Crippen molar-refractivity contribution in [2.45, 2.75) is 55.3 Å². The van der Waals surface area contributed by atoms with Crippen LogP contribution in [0.25, 0.3) is 0 Å². The van der Waals surface area contributed by atoms with Crippen LogP contribution >= 0.6 is 15.9 Å². The Labute approximate surface area is 236 Å². The summed E-state index contributed by atoms with van der Waals surface area (Å²) in [7, 11) is 1.56. The van der Waals surface area contributed by atoms with Crippen molar-refractivity contribution < 1.29 is 29.0 Å². The third kappa shape index (κ3) is 4.83. The zero-order valence-corrected chi connectivity index (χ0v) is 23.8. The molecule has 3 unspecified atom stereocenters. The van der Waals surface area contributed by atoms with E-state index < -0.39 is 41.5 Å². The molecule has 7 atom stereocenters. The largest absolute Gasteiger partial charge is 0.497 e. The number of anilines is 2. The number of hydrogen-bond donors (Lipinski definition) is 3.